The van der Waals surface area contributed by atoms with E-state index in [4.69, 9.17) is 23.1 Å². The lowest BCUT2D eigenvalue weighted by atomic mass is 10.4. The standard InChI is InChI=1S/C6H10ClN3O/c7-3-6(11)10-5(4-9)1-2-8/h1-2,4H,3,8-9H2,(H,10,11)/b2-1-,5-4+. The topological polar surface area (TPSA) is 81.1 Å². The Hall–Kier alpha value is -1.16. The van der Waals surface area contributed by atoms with Crippen molar-refractivity contribution in [3.63, 3.8) is 0 Å². The number of carbonyl (C=O) groups is 1. The maximum Gasteiger partial charge on any atom is 0.239 e. The van der Waals surface area contributed by atoms with Crippen molar-refractivity contribution >= 4 is 17.5 Å². The molecule has 0 radical (unpaired) electrons. The van der Waals surface area contributed by atoms with Gasteiger partial charge in [0.05, 0.1) is 5.70 Å². The van der Waals surface area contributed by atoms with Crippen LogP contribution in [0.2, 0.25) is 0 Å². The minimum atomic E-state index is -0.318. The van der Waals surface area contributed by atoms with Crippen molar-refractivity contribution in [2.45, 2.75) is 0 Å². The highest BCUT2D eigenvalue weighted by Gasteiger charge is 1.97. The molecule has 0 spiro atoms. The molecule has 0 atom stereocenters. The van der Waals surface area contributed by atoms with Crippen molar-refractivity contribution in [2.24, 2.45) is 11.5 Å². The van der Waals surface area contributed by atoms with Crippen LogP contribution in [0, 0.1) is 0 Å². The van der Waals surface area contributed by atoms with Crippen LogP contribution in [-0.4, -0.2) is 11.8 Å². The van der Waals surface area contributed by atoms with Gasteiger partial charge in [0, 0.05) is 6.20 Å². The first-order valence-electron chi connectivity index (χ1n) is 2.90. The van der Waals surface area contributed by atoms with Gasteiger partial charge in [-0.25, -0.2) is 0 Å². The normalized spacial score (nSPS) is 11.9. The van der Waals surface area contributed by atoms with E-state index in [1.165, 1.54) is 18.5 Å². The van der Waals surface area contributed by atoms with E-state index < -0.39 is 0 Å². The Morgan fingerprint density at radius 2 is 2.18 bits per heavy atom. The van der Waals surface area contributed by atoms with Crippen LogP contribution >= 0.6 is 11.6 Å². The van der Waals surface area contributed by atoms with Crippen molar-refractivity contribution in [1.82, 2.24) is 5.32 Å². The van der Waals surface area contributed by atoms with Gasteiger partial charge in [0.15, 0.2) is 0 Å². The molecule has 11 heavy (non-hydrogen) atoms. The fourth-order valence-corrected chi connectivity index (χ4v) is 0.504. The highest BCUT2D eigenvalue weighted by atomic mass is 35.5. The van der Waals surface area contributed by atoms with Crippen molar-refractivity contribution in [3.8, 4) is 0 Å². The molecule has 0 aliphatic rings. The highest BCUT2D eigenvalue weighted by molar-refractivity contribution is 6.27. The van der Waals surface area contributed by atoms with Gasteiger partial charge in [-0.1, -0.05) is 0 Å². The smallest absolute Gasteiger partial charge is 0.239 e. The molecule has 0 aromatic heterocycles. The lowest BCUT2D eigenvalue weighted by Gasteiger charge is -2.00. The van der Waals surface area contributed by atoms with Gasteiger partial charge >= 0.3 is 0 Å². The minimum absolute atomic E-state index is 0.101. The summed E-state index contributed by atoms with van der Waals surface area (Å²) in [7, 11) is 0. The van der Waals surface area contributed by atoms with E-state index in [1.807, 2.05) is 0 Å². The summed E-state index contributed by atoms with van der Waals surface area (Å²) < 4.78 is 0. The van der Waals surface area contributed by atoms with Crippen LogP contribution in [0.3, 0.4) is 0 Å². The van der Waals surface area contributed by atoms with E-state index in [-0.39, 0.29) is 11.8 Å². The molecule has 5 N–H and O–H groups in total. The summed E-state index contributed by atoms with van der Waals surface area (Å²) in [5.74, 6) is -0.420. The predicted octanol–water partition coefficient (Wildman–Crippen LogP) is -0.386. The summed E-state index contributed by atoms with van der Waals surface area (Å²) in [5, 5.41) is 2.42. The van der Waals surface area contributed by atoms with Crippen LogP contribution in [-0.2, 0) is 4.79 Å². The minimum Gasteiger partial charge on any atom is -0.405 e. The van der Waals surface area contributed by atoms with Gasteiger partial charge in [-0.3, -0.25) is 4.79 Å². The molecule has 5 heteroatoms. The third-order valence-electron chi connectivity index (χ3n) is 0.860. The Balaban J connectivity index is 4.00. The van der Waals surface area contributed by atoms with Crippen LogP contribution < -0.4 is 16.8 Å². The quantitative estimate of drug-likeness (QED) is 0.404. The Kier molecular flexibility index (Phi) is 5.02. The summed E-state index contributed by atoms with van der Waals surface area (Å²) in [5.41, 5.74) is 10.6. The summed E-state index contributed by atoms with van der Waals surface area (Å²) in [6.07, 6.45) is 3.96. The van der Waals surface area contributed by atoms with Crippen molar-refractivity contribution < 1.29 is 4.79 Å². The highest BCUT2D eigenvalue weighted by Crippen LogP contribution is 1.87. The summed E-state index contributed by atoms with van der Waals surface area (Å²) in [6, 6.07) is 0. The zero-order chi connectivity index (χ0) is 8.69. The van der Waals surface area contributed by atoms with E-state index in [0.29, 0.717) is 5.70 Å². The number of halogens is 1. The van der Waals surface area contributed by atoms with Gasteiger partial charge in [-0.05, 0) is 12.3 Å². The first-order chi connectivity index (χ1) is 5.24. The Labute approximate surface area is 69.9 Å². The van der Waals surface area contributed by atoms with E-state index in [0.717, 1.165) is 0 Å². The second-order valence-electron chi connectivity index (χ2n) is 1.66. The maximum atomic E-state index is 10.6. The second-order valence-corrected chi connectivity index (χ2v) is 1.93. The first-order valence-corrected chi connectivity index (χ1v) is 3.44. The molecule has 0 aromatic carbocycles. The number of alkyl halides is 1. The maximum absolute atomic E-state index is 10.6. The summed E-state index contributed by atoms with van der Waals surface area (Å²) >= 11 is 5.22. The Morgan fingerprint density at radius 3 is 2.55 bits per heavy atom. The van der Waals surface area contributed by atoms with Crippen molar-refractivity contribution in [1.29, 1.82) is 0 Å². The molecule has 0 fully saturated rings. The third kappa shape index (κ3) is 4.27. The molecule has 0 aliphatic heterocycles. The molecule has 4 nitrogen and oxygen atoms in total. The molecule has 1 amide bonds. The monoisotopic (exact) mass is 175 g/mol. The average molecular weight is 176 g/mol. The largest absolute Gasteiger partial charge is 0.405 e. The molecular weight excluding hydrogens is 166 g/mol. The van der Waals surface area contributed by atoms with E-state index in [2.05, 4.69) is 5.32 Å². The molecule has 0 unspecified atom stereocenters. The average Bonchev–Trinajstić information content (AvgIpc) is 2.03. The van der Waals surface area contributed by atoms with Gasteiger partial charge in [0.1, 0.15) is 5.88 Å². The fourth-order valence-electron chi connectivity index (χ4n) is 0.437. The lowest BCUT2D eigenvalue weighted by Crippen LogP contribution is -2.23. The first kappa shape index (κ1) is 9.84. The zero-order valence-electron chi connectivity index (χ0n) is 5.88. The van der Waals surface area contributed by atoms with Gasteiger partial charge in [-0.2, -0.15) is 0 Å². The molecule has 62 valence electrons. The number of nitrogens with two attached hydrogens (primary N) is 2. The van der Waals surface area contributed by atoms with E-state index in [1.54, 1.807) is 0 Å². The van der Waals surface area contributed by atoms with E-state index >= 15 is 0 Å². The van der Waals surface area contributed by atoms with Crippen molar-refractivity contribution in [3.05, 3.63) is 24.2 Å². The van der Waals surface area contributed by atoms with Crippen LogP contribution in [0.1, 0.15) is 0 Å². The molecule has 0 aliphatic carbocycles. The molecule has 0 saturated carbocycles. The molecule has 0 heterocycles. The number of hydrogen-bond acceptors (Lipinski definition) is 3. The van der Waals surface area contributed by atoms with Gasteiger partial charge in [0.25, 0.3) is 0 Å². The molecule has 0 saturated heterocycles. The molecule has 0 bridgehead atoms. The number of nitrogens with one attached hydrogen (secondary N) is 1. The van der Waals surface area contributed by atoms with Gasteiger partial charge < -0.3 is 16.8 Å². The Morgan fingerprint density at radius 1 is 1.55 bits per heavy atom. The second kappa shape index (κ2) is 5.61. The van der Waals surface area contributed by atoms with Crippen LogP contribution in [0.25, 0.3) is 0 Å². The summed E-state index contributed by atoms with van der Waals surface area (Å²) in [4.78, 5) is 10.6. The zero-order valence-corrected chi connectivity index (χ0v) is 6.64. The van der Waals surface area contributed by atoms with Gasteiger partial charge in [-0.15, -0.1) is 11.6 Å². The van der Waals surface area contributed by atoms with E-state index in [9.17, 15) is 4.79 Å². The SMILES string of the molecule is N/C=C\C(=C/N)NC(=O)CCl. The predicted molar refractivity (Wildman–Crippen MR) is 44.5 cm³/mol. The number of rotatable bonds is 3. The molecule has 0 aromatic rings. The van der Waals surface area contributed by atoms with Crippen LogP contribution in [0.5, 0.6) is 0 Å². The molecular formula is C6H10ClN3O. The lowest BCUT2D eigenvalue weighted by molar-refractivity contribution is -0.117. The number of allylic oxidation sites excluding steroid dienone is 1. The third-order valence-corrected chi connectivity index (χ3v) is 1.10. The molecule has 0 rings (SSSR count). The number of carbonyl (C=O) groups excluding carboxylic acids is 1. The van der Waals surface area contributed by atoms with Crippen LogP contribution in [0.4, 0.5) is 0 Å². The number of amides is 1. The Bertz CT molecular complexity index is 188. The number of hydrogen-bond donors (Lipinski definition) is 3. The van der Waals surface area contributed by atoms with Gasteiger partial charge in [0.2, 0.25) is 5.91 Å². The fraction of sp³-hybridized carbons (Fsp3) is 0.167. The summed E-state index contributed by atoms with van der Waals surface area (Å²) in [6.45, 7) is 0. The van der Waals surface area contributed by atoms with Crippen molar-refractivity contribution in [2.75, 3.05) is 5.88 Å². The van der Waals surface area contributed by atoms with Crippen LogP contribution in [0.15, 0.2) is 24.2 Å².